The topological polar surface area (TPSA) is 92.9 Å². The predicted octanol–water partition coefficient (Wildman–Crippen LogP) is 4.03. The third-order valence-electron chi connectivity index (χ3n) is 5.38. The first-order valence-electron chi connectivity index (χ1n) is 10.5. The Bertz CT molecular complexity index is 1160. The Labute approximate surface area is 191 Å². The van der Waals surface area contributed by atoms with Crippen LogP contribution in [0, 0.1) is 0 Å². The minimum atomic E-state index is 0.671. The van der Waals surface area contributed by atoms with Gasteiger partial charge in [-0.05, 0) is 42.0 Å². The van der Waals surface area contributed by atoms with E-state index in [1.807, 2.05) is 36.7 Å². The standard InChI is InChI=1S/C24H24N6OS/c25-19-3-7-21(8-4-19)32-24-22(18-14-27-28-15-18)16-26-23(29-24)13-17-1-5-20(6-2-17)30-9-11-31-12-10-30/h1-8,14-16H,9-13,25H2,(H,27,28). The molecule has 0 unspecified atom stereocenters. The van der Waals surface area contributed by atoms with Gasteiger partial charge < -0.3 is 15.4 Å². The fourth-order valence-corrected chi connectivity index (χ4v) is 4.56. The monoisotopic (exact) mass is 444 g/mol. The van der Waals surface area contributed by atoms with Gasteiger partial charge in [0.15, 0.2) is 0 Å². The third kappa shape index (κ3) is 4.76. The van der Waals surface area contributed by atoms with Gasteiger partial charge >= 0.3 is 0 Å². The zero-order valence-corrected chi connectivity index (χ0v) is 18.4. The lowest BCUT2D eigenvalue weighted by atomic mass is 10.1. The van der Waals surface area contributed by atoms with Crippen LogP contribution in [0.2, 0.25) is 0 Å². The number of rotatable bonds is 6. The van der Waals surface area contributed by atoms with Gasteiger partial charge in [-0.2, -0.15) is 5.10 Å². The van der Waals surface area contributed by atoms with Gasteiger partial charge in [0.05, 0.1) is 19.4 Å². The highest BCUT2D eigenvalue weighted by atomic mass is 32.2. The Hall–Kier alpha value is -3.36. The molecule has 4 aromatic rings. The van der Waals surface area contributed by atoms with E-state index in [0.717, 1.165) is 58.9 Å². The van der Waals surface area contributed by atoms with Crippen molar-refractivity contribution in [3.8, 4) is 11.1 Å². The second-order valence-corrected chi connectivity index (χ2v) is 8.67. The molecule has 2 aromatic heterocycles. The largest absolute Gasteiger partial charge is 0.399 e. The van der Waals surface area contributed by atoms with E-state index in [4.69, 9.17) is 15.5 Å². The van der Waals surface area contributed by atoms with Crippen LogP contribution in [0.15, 0.2) is 77.0 Å². The molecule has 162 valence electrons. The van der Waals surface area contributed by atoms with Gasteiger partial charge in [-0.1, -0.05) is 23.9 Å². The molecule has 0 amide bonds. The fraction of sp³-hybridized carbons (Fsp3) is 0.208. The molecule has 2 aromatic carbocycles. The number of aromatic nitrogens is 4. The molecule has 8 heteroatoms. The molecule has 3 heterocycles. The number of nitrogens with zero attached hydrogens (tertiary/aromatic N) is 4. The third-order valence-corrected chi connectivity index (χ3v) is 6.39. The summed E-state index contributed by atoms with van der Waals surface area (Å²) in [4.78, 5) is 13.0. The summed E-state index contributed by atoms with van der Waals surface area (Å²) < 4.78 is 5.45. The van der Waals surface area contributed by atoms with E-state index in [2.05, 4.69) is 44.3 Å². The van der Waals surface area contributed by atoms with Gasteiger partial charge in [0.25, 0.3) is 0 Å². The first kappa shape index (κ1) is 20.5. The van der Waals surface area contributed by atoms with E-state index in [1.54, 1.807) is 18.0 Å². The Morgan fingerprint density at radius 3 is 2.50 bits per heavy atom. The quantitative estimate of drug-likeness (QED) is 0.343. The zero-order valence-electron chi connectivity index (χ0n) is 17.6. The highest BCUT2D eigenvalue weighted by Gasteiger charge is 2.14. The van der Waals surface area contributed by atoms with Crippen molar-refractivity contribution in [1.82, 2.24) is 20.2 Å². The van der Waals surface area contributed by atoms with Crippen LogP contribution in [0.1, 0.15) is 11.4 Å². The Morgan fingerprint density at radius 1 is 1.00 bits per heavy atom. The maximum atomic E-state index is 5.84. The average Bonchev–Trinajstić information content (AvgIpc) is 3.37. The minimum absolute atomic E-state index is 0.671. The van der Waals surface area contributed by atoms with Crippen LogP contribution in [0.25, 0.3) is 11.1 Å². The molecule has 32 heavy (non-hydrogen) atoms. The molecule has 0 radical (unpaired) electrons. The van der Waals surface area contributed by atoms with E-state index in [1.165, 1.54) is 11.3 Å². The maximum Gasteiger partial charge on any atom is 0.133 e. The van der Waals surface area contributed by atoms with Gasteiger partial charge in [0, 0.05) is 59.3 Å². The van der Waals surface area contributed by atoms with Crippen molar-refractivity contribution in [3.05, 3.63) is 78.5 Å². The Morgan fingerprint density at radius 2 is 1.78 bits per heavy atom. The number of H-pyrrole nitrogens is 1. The van der Waals surface area contributed by atoms with Gasteiger partial charge in [0.2, 0.25) is 0 Å². The Kier molecular flexibility index (Phi) is 6.04. The van der Waals surface area contributed by atoms with Crippen molar-refractivity contribution >= 4 is 23.1 Å². The van der Waals surface area contributed by atoms with Crippen molar-refractivity contribution in [2.24, 2.45) is 0 Å². The molecular weight excluding hydrogens is 420 g/mol. The average molecular weight is 445 g/mol. The number of nitrogens with two attached hydrogens (primary N) is 1. The molecule has 3 N–H and O–H groups in total. The summed E-state index contributed by atoms with van der Waals surface area (Å²) in [7, 11) is 0. The molecule has 1 fully saturated rings. The normalized spacial score (nSPS) is 13.9. The molecule has 0 spiro atoms. The molecule has 0 bridgehead atoms. The molecule has 0 atom stereocenters. The maximum absolute atomic E-state index is 5.84. The van der Waals surface area contributed by atoms with Crippen LogP contribution in [0.3, 0.4) is 0 Å². The predicted molar refractivity (Wildman–Crippen MR) is 127 cm³/mol. The zero-order chi connectivity index (χ0) is 21.8. The first-order chi connectivity index (χ1) is 15.7. The molecular formula is C24H24N6OS. The lowest BCUT2D eigenvalue weighted by molar-refractivity contribution is 0.122. The summed E-state index contributed by atoms with van der Waals surface area (Å²) in [6.45, 7) is 3.44. The number of morpholine rings is 1. The number of nitrogen functional groups attached to an aromatic ring is 1. The SMILES string of the molecule is Nc1ccc(Sc2nc(Cc3ccc(N4CCOCC4)cc3)ncc2-c2cn[nH]c2)cc1. The highest BCUT2D eigenvalue weighted by Crippen LogP contribution is 2.34. The van der Waals surface area contributed by atoms with E-state index in [0.29, 0.717) is 6.42 Å². The van der Waals surface area contributed by atoms with E-state index in [9.17, 15) is 0 Å². The molecule has 5 rings (SSSR count). The van der Waals surface area contributed by atoms with Crippen molar-refractivity contribution in [2.75, 3.05) is 36.9 Å². The van der Waals surface area contributed by atoms with Gasteiger partial charge in [0.1, 0.15) is 10.9 Å². The van der Waals surface area contributed by atoms with Crippen LogP contribution in [0.5, 0.6) is 0 Å². The van der Waals surface area contributed by atoms with Crippen molar-refractivity contribution in [2.45, 2.75) is 16.3 Å². The fourth-order valence-electron chi connectivity index (χ4n) is 3.64. The summed E-state index contributed by atoms with van der Waals surface area (Å²) in [6, 6.07) is 16.5. The molecule has 1 aliphatic rings. The van der Waals surface area contributed by atoms with Crippen LogP contribution >= 0.6 is 11.8 Å². The lowest BCUT2D eigenvalue weighted by Gasteiger charge is -2.28. The van der Waals surface area contributed by atoms with Crippen LogP contribution < -0.4 is 10.6 Å². The number of hydrogen-bond acceptors (Lipinski definition) is 7. The number of benzene rings is 2. The molecule has 0 saturated carbocycles. The Balaban J connectivity index is 1.38. The molecule has 0 aliphatic carbocycles. The van der Waals surface area contributed by atoms with Crippen molar-refractivity contribution in [1.29, 1.82) is 0 Å². The first-order valence-corrected chi connectivity index (χ1v) is 11.4. The van der Waals surface area contributed by atoms with Crippen LogP contribution in [-0.4, -0.2) is 46.5 Å². The summed E-state index contributed by atoms with van der Waals surface area (Å²) in [5.41, 5.74) is 10.9. The summed E-state index contributed by atoms with van der Waals surface area (Å²) in [5.74, 6) is 0.786. The van der Waals surface area contributed by atoms with E-state index < -0.39 is 0 Å². The number of hydrogen-bond donors (Lipinski definition) is 2. The lowest BCUT2D eigenvalue weighted by Crippen LogP contribution is -2.36. The summed E-state index contributed by atoms with van der Waals surface area (Å²) in [5, 5.41) is 7.84. The van der Waals surface area contributed by atoms with Crippen molar-refractivity contribution < 1.29 is 4.74 Å². The van der Waals surface area contributed by atoms with E-state index >= 15 is 0 Å². The van der Waals surface area contributed by atoms with Gasteiger partial charge in [-0.3, -0.25) is 5.10 Å². The molecule has 7 nitrogen and oxygen atoms in total. The van der Waals surface area contributed by atoms with Crippen molar-refractivity contribution in [3.63, 3.8) is 0 Å². The minimum Gasteiger partial charge on any atom is -0.399 e. The highest BCUT2D eigenvalue weighted by molar-refractivity contribution is 7.99. The van der Waals surface area contributed by atoms with Gasteiger partial charge in [-0.15, -0.1) is 0 Å². The molecule has 1 aliphatic heterocycles. The second kappa shape index (κ2) is 9.42. The van der Waals surface area contributed by atoms with Crippen LogP contribution in [-0.2, 0) is 11.2 Å². The van der Waals surface area contributed by atoms with Crippen LogP contribution in [0.4, 0.5) is 11.4 Å². The smallest absolute Gasteiger partial charge is 0.133 e. The number of nitrogens with one attached hydrogen (secondary N) is 1. The second-order valence-electron chi connectivity index (χ2n) is 7.61. The molecule has 1 saturated heterocycles. The number of anilines is 2. The summed E-state index contributed by atoms with van der Waals surface area (Å²) >= 11 is 1.60. The van der Waals surface area contributed by atoms with E-state index in [-0.39, 0.29) is 0 Å². The number of aromatic amines is 1. The summed E-state index contributed by atoms with van der Waals surface area (Å²) in [6.07, 6.45) is 6.20. The number of ether oxygens (including phenoxy) is 1. The van der Waals surface area contributed by atoms with Gasteiger partial charge in [-0.25, -0.2) is 9.97 Å².